The third-order valence-corrected chi connectivity index (χ3v) is 5.51. The molecule has 0 fully saturated rings. The van der Waals surface area contributed by atoms with Crippen LogP contribution in [0.3, 0.4) is 0 Å². The van der Waals surface area contributed by atoms with Gasteiger partial charge in [-0.25, -0.2) is 4.39 Å². The molecular weight excluding hydrogens is 435 g/mol. The molecule has 2 aromatic carbocycles. The highest BCUT2D eigenvalue weighted by atomic mass is 35.5. The summed E-state index contributed by atoms with van der Waals surface area (Å²) in [4.78, 5) is 29.0. The zero-order chi connectivity index (χ0) is 21.8. The molecule has 0 bridgehead atoms. The molecule has 0 radical (unpaired) electrons. The van der Waals surface area contributed by atoms with Crippen LogP contribution in [0, 0.1) is 5.82 Å². The van der Waals surface area contributed by atoms with Crippen molar-refractivity contribution < 1.29 is 28.2 Å². The summed E-state index contributed by atoms with van der Waals surface area (Å²) in [5, 5.41) is -0.0508. The van der Waals surface area contributed by atoms with Crippen LogP contribution in [0.4, 0.5) is 4.39 Å². The van der Waals surface area contributed by atoms with Gasteiger partial charge in [0.15, 0.2) is 16.3 Å². The van der Waals surface area contributed by atoms with Gasteiger partial charge < -0.3 is 18.8 Å². The van der Waals surface area contributed by atoms with Gasteiger partial charge in [-0.05, 0) is 19.1 Å². The van der Waals surface area contributed by atoms with Crippen molar-refractivity contribution in [3.63, 3.8) is 0 Å². The van der Waals surface area contributed by atoms with Gasteiger partial charge in [0.2, 0.25) is 0 Å². The molecule has 3 aromatic rings. The number of ether oxygens (including phenoxy) is 3. The zero-order valence-corrected chi connectivity index (χ0v) is 18.0. The van der Waals surface area contributed by atoms with E-state index >= 15 is 0 Å². The number of methoxy groups -OCH3 is 2. The van der Waals surface area contributed by atoms with E-state index in [1.54, 1.807) is 19.1 Å². The van der Waals surface area contributed by atoms with Crippen LogP contribution in [-0.4, -0.2) is 37.3 Å². The van der Waals surface area contributed by atoms with E-state index in [1.807, 2.05) is 0 Å². The van der Waals surface area contributed by atoms with Crippen molar-refractivity contribution in [3.05, 3.63) is 51.5 Å². The smallest absolute Gasteiger partial charge is 0.326 e. The molecule has 30 heavy (non-hydrogen) atoms. The van der Waals surface area contributed by atoms with Crippen molar-refractivity contribution in [1.82, 2.24) is 4.57 Å². The van der Waals surface area contributed by atoms with Crippen LogP contribution >= 0.6 is 22.9 Å². The lowest BCUT2D eigenvalue weighted by Gasteiger charge is -2.09. The molecule has 0 spiro atoms. The first-order chi connectivity index (χ1) is 14.4. The second kappa shape index (κ2) is 9.27. The van der Waals surface area contributed by atoms with E-state index in [2.05, 4.69) is 4.99 Å². The fraction of sp³-hybridized carbons (Fsp3) is 0.250. The van der Waals surface area contributed by atoms with Crippen molar-refractivity contribution in [2.75, 3.05) is 20.8 Å². The molecule has 0 aliphatic carbocycles. The Morgan fingerprint density at radius 2 is 1.90 bits per heavy atom. The van der Waals surface area contributed by atoms with E-state index < -0.39 is 17.7 Å². The lowest BCUT2D eigenvalue weighted by atomic mass is 10.2. The second-order valence-corrected chi connectivity index (χ2v) is 7.38. The summed E-state index contributed by atoms with van der Waals surface area (Å²) in [6.45, 7) is 1.70. The van der Waals surface area contributed by atoms with Gasteiger partial charge in [0.1, 0.15) is 12.4 Å². The lowest BCUT2D eigenvalue weighted by molar-refractivity contribution is -0.143. The average Bonchev–Trinajstić information content (AvgIpc) is 3.02. The number of fused-ring (bicyclic) bond motifs is 1. The molecular formula is C20H18ClFN2O5S. The number of carbonyl (C=O) groups excluding carboxylic acids is 2. The summed E-state index contributed by atoms with van der Waals surface area (Å²) >= 11 is 7.12. The molecule has 0 atom stereocenters. The SMILES string of the molecule is CCOC(=O)Cn1c(=NC(=O)c2c(F)cccc2Cl)sc2cc(OC)c(OC)cc21. The summed E-state index contributed by atoms with van der Waals surface area (Å²) in [6, 6.07) is 7.31. The van der Waals surface area contributed by atoms with Gasteiger partial charge in [0.05, 0.1) is 41.6 Å². The average molecular weight is 453 g/mol. The van der Waals surface area contributed by atoms with Gasteiger partial charge >= 0.3 is 5.97 Å². The number of amides is 1. The normalized spacial score (nSPS) is 11.6. The largest absolute Gasteiger partial charge is 0.493 e. The van der Waals surface area contributed by atoms with Gasteiger partial charge in [-0.3, -0.25) is 9.59 Å². The Labute approximate surface area is 180 Å². The molecule has 1 aromatic heterocycles. The van der Waals surface area contributed by atoms with Crippen LogP contribution in [0.2, 0.25) is 5.02 Å². The Morgan fingerprint density at radius 3 is 2.53 bits per heavy atom. The number of benzene rings is 2. The number of aromatic nitrogens is 1. The minimum absolute atomic E-state index is 0.0508. The van der Waals surface area contributed by atoms with Crippen LogP contribution in [0.25, 0.3) is 10.2 Å². The van der Waals surface area contributed by atoms with Gasteiger partial charge in [0.25, 0.3) is 5.91 Å². The van der Waals surface area contributed by atoms with E-state index in [4.69, 9.17) is 25.8 Å². The van der Waals surface area contributed by atoms with Crippen LogP contribution in [0.15, 0.2) is 35.3 Å². The topological polar surface area (TPSA) is 79.1 Å². The van der Waals surface area contributed by atoms with E-state index in [0.29, 0.717) is 21.7 Å². The van der Waals surface area contributed by atoms with Crippen LogP contribution in [0.1, 0.15) is 17.3 Å². The summed E-state index contributed by atoms with van der Waals surface area (Å²) in [5.74, 6) is -1.23. The molecule has 0 saturated carbocycles. The first-order valence-corrected chi connectivity index (χ1v) is 10.0. The van der Waals surface area contributed by atoms with E-state index in [1.165, 1.54) is 30.9 Å². The molecule has 3 rings (SSSR count). The molecule has 158 valence electrons. The van der Waals surface area contributed by atoms with Gasteiger partial charge in [-0.15, -0.1) is 0 Å². The molecule has 0 unspecified atom stereocenters. The minimum Gasteiger partial charge on any atom is -0.493 e. The lowest BCUT2D eigenvalue weighted by Crippen LogP contribution is -2.23. The standard InChI is InChI=1S/C20H18ClFN2O5S/c1-4-29-17(25)10-24-13-8-14(27-2)15(28-3)9-16(13)30-20(24)23-19(26)18-11(21)6-5-7-12(18)22/h5-9H,4,10H2,1-3H3. The van der Waals surface area contributed by atoms with Crippen LogP contribution in [-0.2, 0) is 16.1 Å². The highest BCUT2D eigenvalue weighted by molar-refractivity contribution is 7.16. The molecule has 0 aliphatic heterocycles. The number of carbonyl (C=O) groups is 2. The summed E-state index contributed by atoms with van der Waals surface area (Å²) in [5.41, 5.74) is 0.242. The number of rotatable bonds is 6. The number of halogens is 2. The third kappa shape index (κ3) is 4.31. The van der Waals surface area contributed by atoms with Crippen molar-refractivity contribution in [2.45, 2.75) is 13.5 Å². The number of hydrogen-bond acceptors (Lipinski definition) is 6. The van der Waals surface area contributed by atoms with Crippen LogP contribution < -0.4 is 14.3 Å². The Kier molecular flexibility index (Phi) is 6.73. The number of esters is 1. The molecule has 0 aliphatic rings. The monoisotopic (exact) mass is 452 g/mol. The maximum atomic E-state index is 14.1. The second-order valence-electron chi connectivity index (χ2n) is 5.96. The Hall–Kier alpha value is -2.91. The fourth-order valence-corrected chi connectivity index (χ4v) is 4.10. The first-order valence-electron chi connectivity index (χ1n) is 8.83. The van der Waals surface area contributed by atoms with Gasteiger partial charge in [-0.2, -0.15) is 4.99 Å². The van der Waals surface area contributed by atoms with Gasteiger partial charge in [0, 0.05) is 12.1 Å². The molecule has 0 saturated heterocycles. The highest BCUT2D eigenvalue weighted by Crippen LogP contribution is 2.33. The van der Waals surface area contributed by atoms with E-state index in [0.717, 1.165) is 17.4 Å². The van der Waals surface area contributed by atoms with Crippen molar-refractivity contribution in [3.8, 4) is 11.5 Å². The Balaban J connectivity index is 2.22. The summed E-state index contributed by atoms with van der Waals surface area (Å²) in [7, 11) is 2.99. The quantitative estimate of drug-likeness (QED) is 0.531. The Morgan fingerprint density at radius 1 is 1.20 bits per heavy atom. The predicted octanol–water partition coefficient (Wildman–Crippen LogP) is 3.82. The first kappa shape index (κ1) is 21.8. The zero-order valence-electron chi connectivity index (χ0n) is 16.4. The maximum Gasteiger partial charge on any atom is 0.326 e. The number of hydrogen-bond donors (Lipinski definition) is 0. The fourth-order valence-electron chi connectivity index (χ4n) is 2.82. The minimum atomic E-state index is -0.860. The molecule has 1 amide bonds. The van der Waals surface area contributed by atoms with E-state index in [9.17, 15) is 14.0 Å². The van der Waals surface area contributed by atoms with Crippen molar-refractivity contribution in [1.29, 1.82) is 0 Å². The highest BCUT2D eigenvalue weighted by Gasteiger charge is 2.19. The van der Waals surface area contributed by atoms with Crippen LogP contribution in [0.5, 0.6) is 11.5 Å². The van der Waals surface area contributed by atoms with Crippen molar-refractivity contribution >= 4 is 45.0 Å². The van der Waals surface area contributed by atoms with Gasteiger partial charge in [-0.1, -0.05) is 29.0 Å². The van der Waals surface area contributed by atoms with E-state index in [-0.39, 0.29) is 28.5 Å². The third-order valence-electron chi connectivity index (χ3n) is 4.15. The molecule has 0 N–H and O–H groups in total. The predicted molar refractivity (Wildman–Crippen MR) is 111 cm³/mol. The maximum absolute atomic E-state index is 14.1. The summed E-state index contributed by atoms with van der Waals surface area (Å²) in [6.07, 6.45) is 0. The molecule has 1 heterocycles. The molecule has 7 nitrogen and oxygen atoms in total. The Bertz CT molecular complexity index is 1170. The summed E-state index contributed by atoms with van der Waals surface area (Å²) < 4.78 is 32.0. The molecule has 10 heteroatoms. The van der Waals surface area contributed by atoms with Crippen molar-refractivity contribution in [2.24, 2.45) is 4.99 Å². The number of nitrogens with zero attached hydrogens (tertiary/aromatic N) is 2. The number of thiazole rings is 1.